The first kappa shape index (κ1) is 26.3. The number of carbonyl (C=O) groups is 2. The van der Waals surface area contributed by atoms with Gasteiger partial charge in [0.1, 0.15) is 11.9 Å². The minimum Gasteiger partial charge on any atom is -0.384 e. The first-order valence-electron chi connectivity index (χ1n) is 14.3. The Kier molecular flexibility index (Phi) is 6.72. The normalized spacial score (nSPS) is 30.1. The molecule has 2 heterocycles. The molecule has 2 amide bonds. The van der Waals surface area contributed by atoms with E-state index in [-0.39, 0.29) is 49.1 Å². The summed E-state index contributed by atoms with van der Waals surface area (Å²) in [5.41, 5.74) is 0.479. The van der Waals surface area contributed by atoms with Gasteiger partial charge in [-0.1, -0.05) is 6.07 Å². The summed E-state index contributed by atoms with van der Waals surface area (Å²) in [7, 11) is 0. The van der Waals surface area contributed by atoms with Gasteiger partial charge in [0.25, 0.3) is 11.5 Å². The van der Waals surface area contributed by atoms with Crippen molar-refractivity contribution >= 4 is 28.4 Å². The van der Waals surface area contributed by atoms with E-state index in [0.29, 0.717) is 23.6 Å². The van der Waals surface area contributed by atoms with E-state index < -0.39 is 23.4 Å². The molecule has 1 aliphatic heterocycles. The number of carbonyl (C=O) groups excluding carboxylic acids is 2. The van der Waals surface area contributed by atoms with Crippen LogP contribution in [0.25, 0.3) is 10.9 Å². The predicted molar refractivity (Wildman–Crippen MR) is 144 cm³/mol. The summed E-state index contributed by atoms with van der Waals surface area (Å²) >= 11 is 0. The van der Waals surface area contributed by atoms with Crippen molar-refractivity contribution in [1.82, 2.24) is 20.2 Å². The fraction of sp³-hybridized carbons (Fsp3) is 0.655. The van der Waals surface area contributed by atoms with Gasteiger partial charge in [-0.05, 0) is 81.8 Å². The maximum absolute atomic E-state index is 14.9. The maximum atomic E-state index is 14.9. The highest BCUT2D eigenvalue weighted by Gasteiger charge is 2.50. The van der Waals surface area contributed by atoms with Crippen LogP contribution in [-0.4, -0.2) is 45.9 Å². The molecule has 2 aromatic rings. The summed E-state index contributed by atoms with van der Waals surface area (Å²) in [6.07, 6.45) is 7.15. The Hall–Kier alpha value is -2.88. The highest BCUT2D eigenvalue weighted by atomic mass is 19.3. The van der Waals surface area contributed by atoms with Crippen LogP contribution in [0.4, 0.5) is 14.5 Å². The third-order valence-electron chi connectivity index (χ3n) is 9.46. The molecule has 8 nitrogen and oxygen atoms in total. The molecule has 5 aliphatic rings. The Morgan fingerprint density at radius 1 is 1.05 bits per heavy atom. The monoisotopic (exact) mass is 541 g/mol. The van der Waals surface area contributed by atoms with E-state index in [4.69, 9.17) is 0 Å². The predicted octanol–water partition coefficient (Wildman–Crippen LogP) is 4.07. The minimum atomic E-state index is -2.84. The highest BCUT2D eigenvalue weighted by Crippen LogP contribution is 2.55. The van der Waals surface area contributed by atoms with Gasteiger partial charge in [0.2, 0.25) is 11.8 Å². The molecule has 210 valence electrons. The lowest BCUT2D eigenvalue weighted by Crippen LogP contribution is -2.58. The second kappa shape index (κ2) is 9.94. The number of amides is 2. The van der Waals surface area contributed by atoms with Gasteiger partial charge < -0.3 is 10.6 Å². The Labute approximate surface area is 226 Å². The highest BCUT2D eigenvalue weighted by molar-refractivity contribution is 5.99. The molecule has 1 aromatic heterocycles. The molecule has 3 N–H and O–H groups in total. The van der Waals surface area contributed by atoms with Gasteiger partial charge in [-0.25, -0.2) is 13.8 Å². The second-order valence-electron chi connectivity index (χ2n) is 12.4. The van der Waals surface area contributed by atoms with Crippen molar-refractivity contribution in [1.29, 1.82) is 0 Å². The van der Waals surface area contributed by atoms with Crippen LogP contribution in [0.1, 0.15) is 76.1 Å². The molecule has 1 aromatic carbocycles. The number of piperidine rings is 1. The van der Waals surface area contributed by atoms with Gasteiger partial charge >= 0.3 is 0 Å². The van der Waals surface area contributed by atoms with E-state index >= 15 is 0 Å². The van der Waals surface area contributed by atoms with Crippen molar-refractivity contribution in [2.24, 2.45) is 17.8 Å². The Morgan fingerprint density at radius 3 is 2.38 bits per heavy atom. The van der Waals surface area contributed by atoms with Crippen molar-refractivity contribution in [2.75, 3.05) is 18.4 Å². The van der Waals surface area contributed by atoms with Crippen LogP contribution < -0.4 is 21.5 Å². The summed E-state index contributed by atoms with van der Waals surface area (Å²) in [6.45, 7) is 1.95. The zero-order valence-corrected chi connectivity index (χ0v) is 22.4. The molecule has 4 bridgehead atoms. The first-order chi connectivity index (χ1) is 18.6. The van der Waals surface area contributed by atoms with Gasteiger partial charge in [-0.15, -0.1) is 0 Å². The number of aryl methyl sites for hydroxylation is 1. The Morgan fingerprint density at radius 2 is 1.72 bits per heavy atom. The lowest BCUT2D eigenvalue weighted by molar-refractivity contribution is -0.135. The van der Waals surface area contributed by atoms with E-state index in [9.17, 15) is 23.2 Å². The van der Waals surface area contributed by atoms with E-state index in [2.05, 4.69) is 20.9 Å². The number of hydrogen-bond donors (Lipinski definition) is 3. The van der Waals surface area contributed by atoms with Crippen LogP contribution in [0.5, 0.6) is 0 Å². The largest absolute Gasteiger partial charge is 0.384 e. The Bertz CT molecular complexity index is 1320. The molecule has 7 rings (SSSR count). The zero-order valence-electron chi connectivity index (χ0n) is 22.4. The fourth-order valence-corrected chi connectivity index (χ4v) is 8.14. The second-order valence-corrected chi connectivity index (χ2v) is 12.4. The van der Waals surface area contributed by atoms with Gasteiger partial charge in [-0.2, -0.15) is 0 Å². The molecule has 39 heavy (non-hydrogen) atoms. The topological polar surface area (TPSA) is 105 Å². The summed E-state index contributed by atoms with van der Waals surface area (Å²) < 4.78 is 31.1. The van der Waals surface area contributed by atoms with Crippen LogP contribution >= 0.6 is 0 Å². The number of alkyl halides is 2. The molecule has 0 spiro atoms. The van der Waals surface area contributed by atoms with E-state index in [1.807, 2.05) is 0 Å². The molecule has 4 saturated carbocycles. The smallest absolute Gasteiger partial charge is 0.264 e. The molecule has 4 aliphatic carbocycles. The van der Waals surface area contributed by atoms with Gasteiger partial charge in [-0.3, -0.25) is 24.3 Å². The number of hydrogen-bond acceptors (Lipinski definition) is 6. The van der Waals surface area contributed by atoms with Crippen molar-refractivity contribution in [3.05, 3.63) is 34.4 Å². The molecular formula is C29H37F2N5O3. The number of anilines is 1. The van der Waals surface area contributed by atoms with Crippen molar-refractivity contribution < 1.29 is 18.4 Å². The van der Waals surface area contributed by atoms with Crippen molar-refractivity contribution in [2.45, 2.75) is 88.6 Å². The molecule has 5 fully saturated rings. The number of benzene rings is 1. The average molecular weight is 542 g/mol. The SMILES string of the molecule is Cc1nc2cccc(NCCC(F)(F)CCNC34CC5CC(CC(C5)C3)C4)c2c(=O)n1C1CCC(=O)NC1=O. The van der Waals surface area contributed by atoms with Crippen LogP contribution in [0.3, 0.4) is 0 Å². The summed E-state index contributed by atoms with van der Waals surface area (Å²) in [5, 5.41) is 9.12. The zero-order chi connectivity index (χ0) is 27.4. The van der Waals surface area contributed by atoms with Gasteiger partial charge in [0.05, 0.1) is 10.9 Å². The van der Waals surface area contributed by atoms with E-state index in [0.717, 1.165) is 37.0 Å². The first-order valence-corrected chi connectivity index (χ1v) is 14.3. The number of rotatable bonds is 9. The quantitative estimate of drug-likeness (QED) is 0.414. The summed E-state index contributed by atoms with van der Waals surface area (Å²) in [6, 6.07) is 4.24. The van der Waals surface area contributed by atoms with Gasteiger partial charge in [0.15, 0.2) is 0 Å². The standard InChI is InChI=1S/C29H37F2N5O3/c1-17-34-22-4-2-3-21(25(22)27(39)36(17)23-5-6-24(37)35-26(23)38)32-9-7-29(30,31)8-10-33-28-14-18-11-19(15-28)13-20(12-18)16-28/h2-4,18-20,23,32-33H,5-16H2,1H3,(H,35,37,38). The lowest BCUT2D eigenvalue weighted by Gasteiger charge is -2.57. The summed E-state index contributed by atoms with van der Waals surface area (Å²) in [4.78, 5) is 42.1. The van der Waals surface area contributed by atoms with Crippen LogP contribution in [-0.2, 0) is 9.59 Å². The summed E-state index contributed by atoms with van der Waals surface area (Å²) in [5.74, 6) is -1.07. The maximum Gasteiger partial charge on any atom is 0.264 e. The number of nitrogens with one attached hydrogen (secondary N) is 3. The third kappa shape index (κ3) is 5.19. The molecule has 1 unspecified atom stereocenters. The van der Waals surface area contributed by atoms with E-state index in [1.165, 1.54) is 23.8 Å². The molecule has 10 heteroatoms. The van der Waals surface area contributed by atoms with Crippen molar-refractivity contribution in [3.8, 4) is 0 Å². The number of halogens is 2. The fourth-order valence-electron chi connectivity index (χ4n) is 8.14. The average Bonchev–Trinajstić information content (AvgIpc) is 2.84. The minimum absolute atomic E-state index is 0.00475. The number of fused-ring (bicyclic) bond motifs is 1. The van der Waals surface area contributed by atoms with Crippen LogP contribution in [0, 0.1) is 24.7 Å². The number of nitrogens with zero attached hydrogens (tertiary/aromatic N) is 2. The molecule has 1 atom stereocenters. The molecular weight excluding hydrogens is 504 g/mol. The van der Waals surface area contributed by atoms with Crippen LogP contribution in [0.15, 0.2) is 23.0 Å². The third-order valence-corrected chi connectivity index (χ3v) is 9.46. The van der Waals surface area contributed by atoms with E-state index in [1.54, 1.807) is 25.1 Å². The lowest BCUT2D eigenvalue weighted by atomic mass is 9.53. The number of imide groups is 1. The molecule has 0 radical (unpaired) electrons. The van der Waals surface area contributed by atoms with Crippen LogP contribution in [0.2, 0.25) is 0 Å². The molecule has 1 saturated heterocycles. The Balaban J connectivity index is 1.10. The van der Waals surface area contributed by atoms with Gasteiger partial charge in [0, 0.05) is 43.6 Å². The number of aromatic nitrogens is 2. The van der Waals surface area contributed by atoms with Crippen molar-refractivity contribution in [3.63, 3.8) is 0 Å².